The molecule has 3 aromatic heterocycles. The minimum atomic E-state index is -0.0320. The van der Waals surface area contributed by atoms with Crippen molar-refractivity contribution in [3.63, 3.8) is 0 Å². The van der Waals surface area contributed by atoms with Gasteiger partial charge in [-0.1, -0.05) is 55.6 Å². The molecule has 1 N–H and O–H groups in total. The Kier molecular flexibility index (Phi) is 6.82. The number of para-hydroxylation sites is 1. The van der Waals surface area contributed by atoms with Crippen LogP contribution >= 0.6 is 34.9 Å². The SMILES string of the molecule is CSc1nc(SCC(=O)Nc2ccccc2C)c2sc3nc(C(C)C)c4c(c3c2n1)CCCC4. The lowest BCUT2D eigenvalue weighted by atomic mass is 9.86. The molecule has 5 rings (SSSR count). The number of thiophene rings is 1. The monoisotopic (exact) mass is 508 g/mol. The molecule has 176 valence electrons. The van der Waals surface area contributed by atoms with Gasteiger partial charge in [-0.3, -0.25) is 4.79 Å². The lowest BCUT2D eigenvalue weighted by Gasteiger charge is -2.21. The highest BCUT2D eigenvalue weighted by atomic mass is 32.2. The first kappa shape index (κ1) is 23.6. The number of rotatable bonds is 6. The van der Waals surface area contributed by atoms with Gasteiger partial charge in [0.05, 0.1) is 16.0 Å². The molecule has 5 nitrogen and oxygen atoms in total. The number of carbonyl (C=O) groups is 1. The van der Waals surface area contributed by atoms with Gasteiger partial charge < -0.3 is 5.32 Å². The number of aromatic nitrogens is 3. The van der Waals surface area contributed by atoms with Crippen LogP contribution in [-0.2, 0) is 17.6 Å². The molecule has 0 bridgehead atoms. The predicted molar refractivity (Wildman–Crippen MR) is 146 cm³/mol. The highest BCUT2D eigenvalue weighted by Gasteiger charge is 2.25. The summed E-state index contributed by atoms with van der Waals surface area (Å²) in [6, 6.07) is 7.84. The zero-order chi connectivity index (χ0) is 23.8. The Bertz CT molecular complexity index is 1400. The summed E-state index contributed by atoms with van der Waals surface area (Å²) in [5, 5.41) is 5.85. The average Bonchev–Trinajstić information content (AvgIpc) is 3.22. The second-order valence-corrected chi connectivity index (χ2v) is 11.7. The van der Waals surface area contributed by atoms with Crippen LogP contribution in [0.3, 0.4) is 0 Å². The van der Waals surface area contributed by atoms with Crippen molar-refractivity contribution in [2.45, 2.75) is 62.6 Å². The Labute approximate surface area is 212 Å². The number of thioether (sulfide) groups is 2. The van der Waals surface area contributed by atoms with E-state index < -0.39 is 0 Å². The molecule has 1 aliphatic rings. The van der Waals surface area contributed by atoms with Crippen molar-refractivity contribution < 1.29 is 4.79 Å². The van der Waals surface area contributed by atoms with Gasteiger partial charge in [0.15, 0.2) is 5.16 Å². The summed E-state index contributed by atoms with van der Waals surface area (Å²) in [4.78, 5) is 28.7. The molecule has 34 heavy (non-hydrogen) atoms. The van der Waals surface area contributed by atoms with E-state index in [4.69, 9.17) is 15.0 Å². The molecule has 0 spiro atoms. The van der Waals surface area contributed by atoms with Crippen molar-refractivity contribution in [3.8, 4) is 0 Å². The Hall–Kier alpha value is -2.16. The zero-order valence-corrected chi connectivity index (χ0v) is 22.3. The number of carbonyl (C=O) groups excluding carboxylic acids is 1. The molecule has 4 aromatic rings. The predicted octanol–water partition coefficient (Wildman–Crippen LogP) is 7.00. The number of anilines is 1. The van der Waals surface area contributed by atoms with Crippen LogP contribution in [0, 0.1) is 6.92 Å². The van der Waals surface area contributed by atoms with E-state index in [1.54, 1.807) is 23.1 Å². The standard InChI is InChI=1S/C26H28N4OS3/c1-14(2)21-17-11-7-6-10-16(17)20-22-23(34-24(20)28-21)25(30-26(29-22)32-4)33-13-19(31)27-18-12-8-5-9-15(18)3/h5,8-9,12,14H,6-7,10-11,13H2,1-4H3,(H,27,31). The fourth-order valence-corrected chi connectivity index (χ4v) is 7.09. The number of nitrogens with one attached hydrogen (secondary N) is 1. The summed E-state index contributed by atoms with van der Waals surface area (Å²) >= 11 is 4.70. The van der Waals surface area contributed by atoms with E-state index in [0.717, 1.165) is 49.3 Å². The molecule has 3 heterocycles. The van der Waals surface area contributed by atoms with E-state index in [0.29, 0.717) is 11.7 Å². The van der Waals surface area contributed by atoms with E-state index >= 15 is 0 Å². The lowest BCUT2D eigenvalue weighted by Crippen LogP contribution is -2.14. The van der Waals surface area contributed by atoms with Crippen LogP contribution in [-0.4, -0.2) is 32.9 Å². The average molecular weight is 509 g/mol. The van der Waals surface area contributed by atoms with E-state index in [1.807, 2.05) is 37.4 Å². The largest absolute Gasteiger partial charge is 0.325 e. The maximum Gasteiger partial charge on any atom is 0.234 e. The molecule has 8 heteroatoms. The van der Waals surface area contributed by atoms with Crippen LogP contribution in [0.2, 0.25) is 0 Å². The van der Waals surface area contributed by atoms with Crippen molar-refractivity contribution in [2.24, 2.45) is 0 Å². The number of amides is 1. The van der Waals surface area contributed by atoms with Gasteiger partial charge in [-0.15, -0.1) is 11.3 Å². The summed E-state index contributed by atoms with van der Waals surface area (Å²) in [6.07, 6.45) is 6.62. The molecular weight excluding hydrogens is 481 g/mol. The molecule has 1 aromatic carbocycles. The smallest absolute Gasteiger partial charge is 0.234 e. The highest BCUT2D eigenvalue weighted by Crippen LogP contribution is 2.43. The highest BCUT2D eigenvalue weighted by molar-refractivity contribution is 8.00. The maximum absolute atomic E-state index is 12.7. The van der Waals surface area contributed by atoms with Gasteiger partial charge in [0, 0.05) is 16.8 Å². The number of fused-ring (bicyclic) bond motifs is 5. The van der Waals surface area contributed by atoms with Crippen LogP contribution in [0.25, 0.3) is 20.4 Å². The summed E-state index contributed by atoms with van der Waals surface area (Å²) in [5.74, 6) is 0.662. The molecule has 0 saturated heterocycles. The van der Waals surface area contributed by atoms with Gasteiger partial charge in [-0.25, -0.2) is 15.0 Å². The normalized spacial score (nSPS) is 13.6. The Morgan fingerprint density at radius 3 is 2.62 bits per heavy atom. The lowest BCUT2D eigenvalue weighted by molar-refractivity contribution is -0.113. The Morgan fingerprint density at radius 2 is 1.88 bits per heavy atom. The van der Waals surface area contributed by atoms with Gasteiger partial charge in [0.1, 0.15) is 9.86 Å². The van der Waals surface area contributed by atoms with Gasteiger partial charge in [0.25, 0.3) is 0 Å². The fraction of sp³-hybridized carbons (Fsp3) is 0.385. The van der Waals surface area contributed by atoms with Crippen molar-refractivity contribution in [3.05, 3.63) is 46.6 Å². The number of benzene rings is 1. The molecule has 1 aliphatic carbocycles. The third-order valence-corrected chi connectivity index (χ3v) is 8.98. The molecular formula is C26H28N4OS3. The third-order valence-electron chi connectivity index (χ3n) is 6.25. The van der Waals surface area contributed by atoms with E-state index in [9.17, 15) is 4.79 Å². The Morgan fingerprint density at radius 1 is 1.12 bits per heavy atom. The van der Waals surface area contributed by atoms with Crippen molar-refractivity contribution >= 4 is 66.9 Å². The first-order chi connectivity index (χ1) is 16.5. The molecule has 0 aliphatic heterocycles. The quantitative estimate of drug-likeness (QED) is 0.172. The zero-order valence-electron chi connectivity index (χ0n) is 19.9. The second-order valence-electron chi connectivity index (χ2n) is 8.94. The minimum Gasteiger partial charge on any atom is -0.325 e. The van der Waals surface area contributed by atoms with Crippen molar-refractivity contribution in [2.75, 3.05) is 17.3 Å². The summed E-state index contributed by atoms with van der Waals surface area (Å²) in [7, 11) is 0. The third kappa shape index (κ3) is 4.43. The van der Waals surface area contributed by atoms with Crippen molar-refractivity contribution in [1.29, 1.82) is 0 Å². The molecule has 0 radical (unpaired) electrons. The molecule has 0 fully saturated rings. The van der Waals surface area contributed by atoms with Crippen LogP contribution < -0.4 is 5.32 Å². The molecule has 0 unspecified atom stereocenters. The van der Waals surface area contributed by atoms with Crippen LogP contribution in [0.4, 0.5) is 5.69 Å². The fourth-order valence-electron chi connectivity index (χ4n) is 4.61. The maximum atomic E-state index is 12.7. The van der Waals surface area contributed by atoms with Gasteiger partial charge >= 0.3 is 0 Å². The number of hydrogen-bond donors (Lipinski definition) is 1. The van der Waals surface area contributed by atoms with E-state index in [1.165, 1.54) is 46.8 Å². The number of nitrogens with zero attached hydrogens (tertiary/aromatic N) is 3. The summed E-state index contributed by atoms with van der Waals surface area (Å²) in [5.41, 5.74) is 7.01. The minimum absolute atomic E-state index is 0.0320. The second kappa shape index (κ2) is 9.84. The first-order valence-electron chi connectivity index (χ1n) is 11.6. The Balaban J connectivity index is 1.55. The van der Waals surface area contributed by atoms with Crippen LogP contribution in [0.1, 0.15) is 55.0 Å². The molecule has 0 atom stereocenters. The molecule has 0 saturated carbocycles. The van der Waals surface area contributed by atoms with Gasteiger partial charge in [0.2, 0.25) is 5.91 Å². The topological polar surface area (TPSA) is 67.8 Å². The van der Waals surface area contributed by atoms with Gasteiger partial charge in [-0.2, -0.15) is 0 Å². The summed E-state index contributed by atoms with van der Waals surface area (Å²) < 4.78 is 1.04. The number of pyridine rings is 1. The number of aryl methyl sites for hydroxylation is 2. The first-order valence-corrected chi connectivity index (χ1v) is 14.7. The van der Waals surface area contributed by atoms with Crippen molar-refractivity contribution in [1.82, 2.24) is 15.0 Å². The van der Waals surface area contributed by atoms with Crippen LogP contribution in [0.5, 0.6) is 0 Å². The summed E-state index contributed by atoms with van der Waals surface area (Å²) in [6.45, 7) is 6.46. The van der Waals surface area contributed by atoms with Gasteiger partial charge in [-0.05, 0) is 67.5 Å². The van der Waals surface area contributed by atoms with Crippen LogP contribution in [0.15, 0.2) is 34.4 Å². The molecule has 1 amide bonds. The van der Waals surface area contributed by atoms with E-state index in [2.05, 4.69) is 19.2 Å². The number of hydrogen-bond acceptors (Lipinski definition) is 7. The van der Waals surface area contributed by atoms with E-state index in [-0.39, 0.29) is 5.91 Å².